The first-order valence-corrected chi connectivity index (χ1v) is 16.9. The largest absolute Gasteiger partial charge is 0.309 e. The topological polar surface area (TPSA) is 4.93 Å². The van der Waals surface area contributed by atoms with Crippen LogP contribution in [0.4, 0.5) is 0 Å². The highest BCUT2D eigenvalue weighted by Crippen LogP contribution is 2.41. The second kappa shape index (κ2) is 12.4. The predicted octanol–water partition coefficient (Wildman–Crippen LogP) is 13.6. The summed E-state index contributed by atoms with van der Waals surface area (Å²) in [5.41, 5.74) is 13.0. The van der Waals surface area contributed by atoms with Gasteiger partial charge in [0, 0.05) is 16.5 Å². The lowest BCUT2D eigenvalue weighted by Gasteiger charge is -2.14. The molecule has 0 amide bonds. The van der Waals surface area contributed by atoms with E-state index in [-0.39, 0.29) is 0 Å². The first-order valence-electron chi connectivity index (χ1n) is 16.9. The summed E-state index contributed by atoms with van der Waals surface area (Å²) >= 11 is 0. The molecule has 8 rings (SSSR count). The zero-order valence-electron chi connectivity index (χ0n) is 27.9. The number of nitrogens with zero attached hydrogens (tertiary/aromatic N) is 1. The summed E-state index contributed by atoms with van der Waals surface area (Å²) in [4.78, 5) is 0. The van der Waals surface area contributed by atoms with Crippen molar-refractivity contribution in [1.82, 2.24) is 4.57 Å². The lowest BCUT2D eigenvalue weighted by molar-refractivity contribution is 1.18. The Bertz CT molecular complexity index is 2480. The van der Waals surface area contributed by atoms with Crippen molar-refractivity contribution in [3.63, 3.8) is 0 Å². The van der Waals surface area contributed by atoms with Crippen molar-refractivity contribution in [2.45, 2.75) is 13.8 Å². The molecule has 0 N–H and O–H groups in total. The number of hydrogen-bond acceptors (Lipinski definition) is 0. The van der Waals surface area contributed by atoms with Crippen LogP contribution in [0.3, 0.4) is 0 Å². The van der Waals surface area contributed by atoms with Gasteiger partial charge in [-0.15, -0.1) is 0 Å². The summed E-state index contributed by atoms with van der Waals surface area (Å²) in [5.74, 6) is 0. The zero-order valence-corrected chi connectivity index (χ0v) is 27.9. The van der Waals surface area contributed by atoms with Crippen molar-refractivity contribution in [3.05, 3.63) is 188 Å². The number of para-hydroxylation sites is 1. The van der Waals surface area contributed by atoms with Gasteiger partial charge in [0.1, 0.15) is 0 Å². The minimum absolute atomic E-state index is 1.14. The monoisotopic (exact) mass is 627 g/mol. The highest BCUT2D eigenvalue weighted by Gasteiger charge is 2.17. The molecule has 49 heavy (non-hydrogen) atoms. The minimum Gasteiger partial charge on any atom is -0.309 e. The van der Waals surface area contributed by atoms with Crippen molar-refractivity contribution in [1.29, 1.82) is 0 Å². The third-order valence-corrected chi connectivity index (χ3v) is 9.94. The van der Waals surface area contributed by atoms with E-state index < -0.39 is 0 Å². The fraction of sp³-hybridized carbons (Fsp3) is 0.0417. The summed E-state index contributed by atoms with van der Waals surface area (Å²) in [7, 11) is 0. The van der Waals surface area contributed by atoms with Crippen LogP contribution < -0.4 is 0 Å². The average molecular weight is 628 g/mol. The molecule has 0 bridgehead atoms. The molecule has 0 aliphatic heterocycles. The second-order valence-electron chi connectivity index (χ2n) is 12.4. The van der Waals surface area contributed by atoms with E-state index in [9.17, 15) is 0 Å². The number of allylic oxidation sites excluding steroid dienone is 6. The Hall–Kier alpha value is -6.18. The third kappa shape index (κ3) is 4.94. The molecule has 0 aliphatic rings. The number of benzene rings is 7. The Balaban J connectivity index is 1.37. The Morgan fingerprint density at radius 3 is 1.31 bits per heavy atom. The van der Waals surface area contributed by atoms with E-state index in [4.69, 9.17) is 0 Å². The van der Waals surface area contributed by atoms with Gasteiger partial charge in [-0.25, -0.2) is 0 Å². The molecule has 1 nitrogen and oxygen atoms in total. The van der Waals surface area contributed by atoms with Gasteiger partial charge in [-0.1, -0.05) is 153 Å². The molecule has 8 aromatic rings. The molecule has 0 fully saturated rings. The summed E-state index contributed by atoms with van der Waals surface area (Å²) in [6.07, 6.45) is 8.14. The Morgan fingerprint density at radius 1 is 0.449 bits per heavy atom. The fourth-order valence-corrected chi connectivity index (χ4v) is 7.58. The van der Waals surface area contributed by atoms with Gasteiger partial charge in [0.2, 0.25) is 0 Å². The number of aromatic nitrogens is 1. The van der Waals surface area contributed by atoms with E-state index in [0.29, 0.717) is 0 Å². The summed E-state index contributed by atoms with van der Waals surface area (Å²) in [6.45, 7) is 12.3. The fourth-order valence-electron chi connectivity index (χ4n) is 7.58. The molecule has 1 heteroatoms. The normalized spacial score (nSPS) is 12.3. The quantitative estimate of drug-likeness (QED) is 0.155. The van der Waals surface area contributed by atoms with Crippen LogP contribution in [0, 0.1) is 0 Å². The van der Waals surface area contributed by atoms with Crippen LogP contribution in [0.25, 0.3) is 82.4 Å². The molecule has 0 saturated carbocycles. The van der Waals surface area contributed by atoms with Crippen LogP contribution in [-0.2, 0) is 0 Å². The summed E-state index contributed by atoms with van der Waals surface area (Å²) in [5, 5.41) is 7.41. The van der Waals surface area contributed by atoms with Crippen LogP contribution in [0.5, 0.6) is 0 Å². The molecule has 1 heterocycles. The Morgan fingerprint density at radius 2 is 0.878 bits per heavy atom. The highest BCUT2D eigenvalue weighted by atomic mass is 15.0. The molecule has 1 aromatic heterocycles. The third-order valence-electron chi connectivity index (χ3n) is 9.94. The van der Waals surface area contributed by atoms with E-state index >= 15 is 0 Å². The smallest absolute Gasteiger partial charge is 0.0547 e. The number of hydrogen-bond donors (Lipinski definition) is 0. The SMILES string of the molecule is C=C/C(=C\C)c1ccc(-c2ccc3c4ccc(-c5ccc(/C(C=C)=C/C)c6ccccc56)cc4n(-c4ccccc4)c3c2)c2ccccc12. The molecule has 0 aliphatic carbocycles. The minimum atomic E-state index is 1.14. The van der Waals surface area contributed by atoms with Gasteiger partial charge < -0.3 is 4.57 Å². The van der Waals surface area contributed by atoms with Gasteiger partial charge >= 0.3 is 0 Å². The van der Waals surface area contributed by atoms with Crippen LogP contribution >= 0.6 is 0 Å². The van der Waals surface area contributed by atoms with Gasteiger partial charge in [-0.05, 0) is 104 Å². The maximum atomic E-state index is 4.07. The van der Waals surface area contributed by atoms with Gasteiger partial charge in [0.25, 0.3) is 0 Å². The van der Waals surface area contributed by atoms with Crippen molar-refractivity contribution in [2.24, 2.45) is 0 Å². The molecular weight excluding hydrogens is 591 g/mol. The van der Waals surface area contributed by atoms with Crippen molar-refractivity contribution in [2.75, 3.05) is 0 Å². The summed E-state index contributed by atoms with van der Waals surface area (Å²) < 4.78 is 2.43. The Kier molecular flexibility index (Phi) is 7.66. The molecular formula is C48H37N. The zero-order chi connectivity index (χ0) is 33.5. The van der Waals surface area contributed by atoms with Gasteiger partial charge in [-0.2, -0.15) is 0 Å². The Labute approximate surface area is 288 Å². The molecule has 7 aromatic carbocycles. The van der Waals surface area contributed by atoms with Crippen molar-refractivity contribution >= 4 is 54.5 Å². The molecule has 0 radical (unpaired) electrons. The van der Waals surface area contributed by atoms with E-state index in [1.807, 2.05) is 12.2 Å². The molecule has 0 unspecified atom stereocenters. The lowest BCUT2D eigenvalue weighted by Crippen LogP contribution is -1.94. The van der Waals surface area contributed by atoms with Gasteiger partial charge in [0.15, 0.2) is 0 Å². The highest BCUT2D eigenvalue weighted by molar-refractivity contribution is 6.13. The molecule has 0 atom stereocenters. The first-order chi connectivity index (χ1) is 24.1. The average Bonchev–Trinajstić information content (AvgIpc) is 3.49. The number of fused-ring (bicyclic) bond motifs is 5. The first kappa shape index (κ1) is 30.2. The molecule has 0 saturated heterocycles. The molecule has 234 valence electrons. The van der Waals surface area contributed by atoms with Crippen LogP contribution in [0.1, 0.15) is 25.0 Å². The maximum Gasteiger partial charge on any atom is 0.0547 e. The van der Waals surface area contributed by atoms with E-state index in [1.54, 1.807) is 0 Å². The van der Waals surface area contributed by atoms with Crippen LogP contribution in [0.15, 0.2) is 177 Å². The van der Waals surface area contributed by atoms with E-state index in [2.05, 4.69) is 183 Å². The van der Waals surface area contributed by atoms with Crippen molar-refractivity contribution in [3.8, 4) is 27.9 Å². The maximum absolute atomic E-state index is 4.07. The summed E-state index contributed by atoms with van der Waals surface area (Å²) in [6, 6.07) is 51.0. The van der Waals surface area contributed by atoms with Crippen LogP contribution in [-0.4, -0.2) is 4.57 Å². The lowest BCUT2D eigenvalue weighted by atomic mass is 9.91. The van der Waals surface area contributed by atoms with Crippen molar-refractivity contribution < 1.29 is 0 Å². The van der Waals surface area contributed by atoms with Crippen LogP contribution in [0.2, 0.25) is 0 Å². The van der Waals surface area contributed by atoms with E-state index in [0.717, 1.165) is 16.8 Å². The van der Waals surface area contributed by atoms with Gasteiger partial charge in [-0.3, -0.25) is 0 Å². The molecule has 0 spiro atoms. The predicted molar refractivity (Wildman–Crippen MR) is 214 cm³/mol. The standard InChI is InChI=1S/C48H37N/c1-5-32(6-2)37-26-28-39(43-20-14-12-18-41(37)43)34-22-24-45-46-25-23-35(31-48(46)49(47(45)30-34)36-16-10-9-11-17-36)40-29-27-38(33(7-3)8-4)42-19-13-15-21-44(40)42/h5-31H,1,3H2,2,4H3/b32-6+,33-8+. The number of rotatable bonds is 7. The van der Waals surface area contributed by atoms with E-state index in [1.165, 1.54) is 76.7 Å². The van der Waals surface area contributed by atoms with Gasteiger partial charge in [0.05, 0.1) is 11.0 Å². The second-order valence-corrected chi connectivity index (χ2v) is 12.4.